The average molecular weight is 309 g/mol. The maximum atomic E-state index is 13.0. The summed E-state index contributed by atoms with van der Waals surface area (Å²) in [5, 5.41) is 0. The minimum atomic E-state index is -0.219. The quantitative estimate of drug-likeness (QED) is 0.942. The SMILES string of the molecule is Cc1cc(F)ccc1CC(N)c1ncccc1Br. The van der Waals surface area contributed by atoms with Crippen molar-refractivity contribution in [2.75, 3.05) is 0 Å². The lowest BCUT2D eigenvalue weighted by Gasteiger charge is -2.14. The summed E-state index contributed by atoms with van der Waals surface area (Å²) in [6.45, 7) is 1.89. The minimum absolute atomic E-state index is 0.204. The van der Waals surface area contributed by atoms with Crippen LogP contribution in [0.3, 0.4) is 0 Å². The van der Waals surface area contributed by atoms with Crippen LogP contribution in [0.15, 0.2) is 41.0 Å². The molecule has 0 saturated heterocycles. The van der Waals surface area contributed by atoms with Gasteiger partial charge >= 0.3 is 0 Å². The van der Waals surface area contributed by atoms with Crippen LogP contribution in [-0.4, -0.2) is 4.98 Å². The first-order chi connectivity index (χ1) is 8.58. The smallest absolute Gasteiger partial charge is 0.123 e. The van der Waals surface area contributed by atoms with Crippen LogP contribution in [0, 0.1) is 12.7 Å². The summed E-state index contributed by atoms with van der Waals surface area (Å²) < 4.78 is 13.9. The molecule has 0 amide bonds. The van der Waals surface area contributed by atoms with Gasteiger partial charge in [-0.25, -0.2) is 4.39 Å². The highest BCUT2D eigenvalue weighted by molar-refractivity contribution is 9.10. The van der Waals surface area contributed by atoms with E-state index in [0.29, 0.717) is 6.42 Å². The van der Waals surface area contributed by atoms with E-state index in [0.717, 1.165) is 21.3 Å². The first-order valence-electron chi connectivity index (χ1n) is 5.69. The molecule has 0 aliphatic heterocycles. The van der Waals surface area contributed by atoms with E-state index in [1.54, 1.807) is 12.3 Å². The average Bonchev–Trinajstić information content (AvgIpc) is 2.33. The second-order valence-electron chi connectivity index (χ2n) is 4.25. The Bertz CT molecular complexity index is 557. The van der Waals surface area contributed by atoms with Crippen molar-refractivity contribution in [3.63, 3.8) is 0 Å². The molecule has 2 N–H and O–H groups in total. The minimum Gasteiger partial charge on any atom is -0.322 e. The number of benzene rings is 1. The molecule has 2 nitrogen and oxygen atoms in total. The van der Waals surface area contributed by atoms with Crippen molar-refractivity contribution in [1.82, 2.24) is 4.98 Å². The number of aryl methyl sites for hydroxylation is 1. The number of pyridine rings is 1. The summed E-state index contributed by atoms with van der Waals surface area (Å²) >= 11 is 3.44. The molecule has 0 aliphatic rings. The van der Waals surface area contributed by atoms with Crippen LogP contribution < -0.4 is 5.73 Å². The highest BCUT2D eigenvalue weighted by Gasteiger charge is 2.13. The topological polar surface area (TPSA) is 38.9 Å². The number of halogens is 2. The van der Waals surface area contributed by atoms with Crippen molar-refractivity contribution in [2.24, 2.45) is 5.73 Å². The molecular weight excluding hydrogens is 295 g/mol. The summed E-state index contributed by atoms with van der Waals surface area (Å²) in [7, 11) is 0. The van der Waals surface area contributed by atoms with E-state index < -0.39 is 0 Å². The number of nitrogens with two attached hydrogens (primary N) is 1. The molecule has 1 atom stereocenters. The Balaban J connectivity index is 2.21. The Hall–Kier alpha value is -1.26. The summed E-state index contributed by atoms with van der Waals surface area (Å²) in [6, 6.07) is 8.33. The summed E-state index contributed by atoms with van der Waals surface area (Å²) in [5.41, 5.74) is 8.93. The number of rotatable bonds is 3. The van der Waals surface area contributed by atoms with Gasteiger partial charge < -0.3 is 5.73 Å². The van der Waals surface area contributed by atoms with E-state index >= 15 is 0 Å². The van der Waals surface area contributed by atoms with Gasteiger partial charge in [-0.05, 0) is 64.7 Å². The van der Waals surface area contributed by atoms with Crippen molar-refractivity contribution in [1.29, 1.82) is 0 Å². The molecule has 0 saturated carbocycles. The first kappa shape index (κ1) is 13.2. The molecule has 0 bridgehead atoms. The lowest BCUT2D eigenvalue weighted by Crippen LogP contribution is -2.16. The number of nitrogens with zero attached hydrogens (tertiary/aromatic N) is 1. The van der Waals surface area contributed by atoms with Crippen molar-refractivity contribution < 1.29 is 4.39 Å². The molecule has 0 fully saturated rings. The van der Waals surface area contributed by atoms with Crippen molar-refractivity contribution in [2.45, 2.75) is 19.4 Å². The highest BCUT2D eigenvalue weighted by Crippen LogP contribution is 2.23. The van der Waals surface area contributed by atoms with Gasteiger partial charge in [0.15, 0.2) is 0 Å². The number of hydrogen-bond donors (Lipinski definition) is 1. The van der Waals surface area contributed by atoms with E-state index in [4.69, 9.17) is 5.73 Å². The molecule has 0 spiro atoms. The molecule has 1 unspecified atom stereocenters. The number of hydrogen-bond acceptors (Lipinski definition) is 2. The first-order valence-corrected chi connectivity index (χ1v) is 6.48. The standard InChI is InChI=1S/C14H14BrFN2/c1-9-7-11(16)5-4-10(9)8-13(17)14-12(15)3-2-6-18-14/h2-7,13H,8,17H2,1H3. The fourth-order valence-electron chi connectivity index (χ4n) is 1.89. The number of aromatic nitrogens is 1. The zero-order valence-electron chi connectivity index (χ0n) is 10.0. The normalized spacial score (nSPS) is 12.4. The zero-order valence-corrected chi connectivity index (χ0v) is 11.6. The van der Waals surface area contributed by atoms with E-state index in [-0.39, 0.29) is 11.9 Å². The molecular formula is C14H14BrFN2. The molecule has 94 valence electrons. The highest BCUT2D eigenvalue weighted by atomic mass is 79.9. The summed E-state index contributed by atoms with van der Waals surface area (Å²) in [6.07, 6.45) is 2.36. The van der Waals surface area contributed by atoms with Gasteiger partial charge in [0.25, 0.3) is 0 Å². The van der Waals surface area contributed by atoms with Crippen LogP contribution in [0.4, 0.5) is 4.39 Å². The molecule has 1 heterocycles. The second-order valence-corrected chi connectivity index (χ2v) is 5.11. The zero-order chi connectivity index (χ0) is 13.1. The fourth-order valence-corrected chi connectivity index (χ4v) is 2.44. The van der Waals surface area contributed by atoms with Gasteiger partial charge in [-0.1, -0.05) is 6.07 Å². The van der Waals surface area contributed by atoms with Crippen LogP contribution in [0.5, 0.6) is 0 Å². The molecule has 1 aromatic heterocycles. The molecule has 0 aliphatic carbocycles. The second kappa shape index (κ2) is 5.59. The van der Waals surface area contributed by atoms with Crippen LogP contribution in [0.2, 0.25) is 0 Å². The molecule has 0 radical (unpaired) electrons. The van der Waals surface area contributed by atoms with E-state index in [9.17, 15) is 4.39 Å². The third-order valence-electron chi connectivity index (χ3n) is 2.88. The predicted molar refractivity (Wildman–Crippen MR) is 73.7 cm³/mol. The van der Waals surface area contributed by atoms with E-state index in [1.165, 1.54) is 12.1 Å². The Labute approximate surface area is 114 Å². The van der Waals surface area contributed by atoms with Crippen LogP contribution >= 0.6 is 15.9 Å². The van der Waals surface area contributed by atoms with E-state index in [2.05, 4.69) is 20.9 Å². The fraction of sp³-hybridized carbons (Fsp3) is 0.214. The van der Waals surface area contributed by atoms with Crippen molar-refractivity contribution in [3.8, 4) is 0 Å². The Morgan fingerprint density at radius 2 is 2.17 bits per heavy atom. The van der Waals surface area contributed by atoms with Gasteiger partial charge in [-0.2, -0.15) is 0 Å². The monoisotopic (exact) mass is 308 g/mol. The summed E-state index contributed by atoms with van der Waals surface area (Å²) in [4.78, 5) is 4.28. The van der Waals surface area contributed by atoms with Gasteiger partial charge in [-0.3, -0.25) is 4.98 Å². The van der Waals surface area contributed by atoms with Crippen molar-refractivity contribution in [3.05, 3.63) is 63.6 Å². The summed E-state index contributed by atoms with van der Waals surface area (Å²) in [5.74, 6) is -0.219. The molecule has 1 aromatic carbocycles. The van der Waals surface area contributed by atoms with Crippen LogP contribution in [0.25, 0.3) is 0 Å². The Morgan fingerprint density at radius 1 is 1.39 bits per heavy atom. The largest absolute Gasteiger partial charge is 0.322 e. The van der Waals surface area contributed by atoms with Gasteiger partial charge in [0.05, 0.1) is 11.7 Å². The third kappa shape index (κ3) is 2.94. The van der Waals surface area contributed by atoms with E-state index in [1.807, 2.05) is 19.1 Å². The van der Waals surface area contributed by atoms with Gasteiger partial charge in [-0.15, -0.1) is 0 Å². The predicted octanol–water partition coefficient (Wildman–Crippen LogP) is 3.53. The lowest BCUT2D eigenvalue weighted by molar-refractivity contribution is 0.623. The maximum Gasteiger partial charge on any atom is 0.123 e. The molecule has 2 aromatic rings. The Kier molecular flexibility index (Phi) is 4.09. The van der Waals surface area contributed by atoms with Gasteiger partial charge in [0.1, 0.15) is 5.82 Å². The van der Waals surface area contributed by atoms with Crippen LogP contribution in [-0.2, 0) is 6.42 Å². The third-order valence-corrected chi connectivity index (χ3v) is 3.55. The molecule has 18 heavy (non-hydrogen) atoms. The molecule has 2 rings (SSSR count). The molecule has 4 heteroatoms. The maximum absolute atomic E-state index is 13.0. The van der Waals surface area contributed by atoms with Gasteiger partial charge in [0.2, 0.25) is 0 Å². The Morgan fingerprint density at radius 3 is 2.83 bits per heavy atom. The lowest BCUT2D eigenvalue weighted by atomic mass is 9.99. The van der Waals surface area contributed by atoms with Gasteiger partial charge in [0, 0.05) is 10.7 Å². The van der Waals surface area contributed by atoms with Crippen molar-refractivity contribution >= 4 is 15.9 Å². The van der Waals surface area contributed by atoms with Crippen LogP contribution in [0.1, 0.15) is 22.9 Å².